The van der Waals surface area contributed by atoms with Crippen LogP contribution < -0.4 is 0 Å². The van der Waals surface area contributed by atoms with E-state index in [1.165, 1.54) is 19.3 Å². The summed E-state index contributed by atoms with van der Waals surface area (Å²) in [6.45, 7) is 4.46. The van der Waals surface area contributed by atoms with E-state index in [0.29, 0.717) is 0 Å². The normalized spacial score (nSPS) is 23.0. The van der Waals surface area contributed by atoms with E-state index in [0.717, 1.165) is 0 Å². The van der Waals surface area contributed by atoms with Crippen LogP contribution in [-0.2, 0) is 0 Å². The Morgan fingerprint density at radius 2 is 2.12 bits per heavy atom. The topological polar surface area (TPSA) is 0 Å². The molecule has 0 fully saturated rings. The molecule has 0 bridgehead atoms. The van der Waals surface area contributed by atoms with Gasteiger partial charge in [-0.3, -0.25) is 0 Å². The van der Waals surface area contributed by atoms with Gasteiger partial charge >= 0.3 is 0 Å². The van der Waals surface area contributed by atoms with Crippen molar-refractivity contribution in [2.24, 2.45) is 0 Å². The summed E-state index contributed by atoms with van der Waals surface area (Å²) >= 11 is 0. The molecule has 0 heteroatoms. The standard InChI is InChI=1S/C8H13/c1-7-4-3-5-8(2)6-7/h4H,3,5-6H2,1-2H3. The molecule has 0 N–H and O–H groups in total. The summed E-state index contributed by atoms with van der Waals surface area (Å²) in [5, 5.41) is 0. The summed E-state index contributed by atoms with van der Waals surface area (Å²) in [6, 6.07) is 0. The fourth-order valence-corrected chi connectivity index (χ4v) is 1.20. The highest BCUT2D eigenvalue weighted by atomic mass is 14.1. The number of allylic oxidation sites excluding steroid dienone is 2. The number of hydrogen-bond acceptors (Lipinski definition) is 0. The molecule has 1 rings (SSSR count). The Balaban J connectivity index is 2.45. The van der Waals surface area contributed by atoms with Crippen molar-refractivity contribution in [3.63, 3.8) is 0 Å². The summed E-state index contributed by atoms with van der Waals surface area (Å²) in [5.41, 5.74) is 1.55. The average molecular weight is 109 g/mol. The minimum absolute atomic E-state index is 1.25. The van der Waals surface area contributed by atoms with Crippen molar-refractivity contribution < 1.29 is 0 Å². The van der Waals surface area contributed by atoms with Crippen molar-refractivity contribution in [1.29, 1.82) is 0 Å². The molecule has 0 aliphatic heterocycles. The van der Waals surface area contributed by atoms with Crippen LogP contribution in [0.15, 0.2) is 11.6 Å². The fourth-order valence-electron chi connectivity index (χ4n) is 1.20. The van der Waals surface area contributed by atoms with E-state index in [-0.39, 0.29) is 0 Å². The van der Waals surface area contributed by atoms with Gasteiger partial charge in [0.05, 0.1) is 0 Å². The lowest BCUT2D eigenvalue weighted by Gasteiger charge is -2.14. The molecular weight excluding hydrogens is 96.1 g/mol. The number of rotatable bonds is 0. The van der Waals surface area contributed by atoms with Crippen LogP contribution in [-0.4, -0.2) is 0 Å². The molecule has 1 aliphatic carbocycles. The van der Waals surface area contributed by atoms with E-state index in [4.69, 9.17) is 0 Å². The molecule has 0 unspecified atom stereocenters. The van der Waals surface area contributed by atoms with Crippen LogP contribution in [0.5, 0.6) is 0 Å². The van der Waals surface area contributed by atoms with Gasteiger partial charge in [-0.25, -0.2) is 0 Å². The lowest BCUT2D eigenvalue weighted by Crippen LogP contribution is -1.97. The monoisotopic (exact) mass is 109 g/mol. The van der Waals surface area contributed by atoms with E-state index in [2.05, 4.69) is 19.9 Å². The van der Waals surface area contributed by atoms with Gasteiger partial charge in [0.2, 0.25) is 0 Å². The molecule has 1 radical (unpaired) electrons. The van der Waals surface area contributed by atoms with E-state index < -0.39 is 0 Å². The molecule has 0 saturated heterocycles. The molecule has 0 saturated carbocycles. The van der Waals surface area contributed by atoms with Crippen LogP contribution in [0.2, 0.25) is 0 Å². The van der Waals surface area contributed by atoms with Gasteiger partial charge in [0.1, 0.15) is 0 Å². The van der Waals surface area contributed by atoms with Crippen molar-refractivity contribution in [3.05, 3.63) is 17.6 Å². The van der Waals surface area contributed by atoms with Gasteiger partial charge in [-0.05, 0) is 32.1 Å². The van der Waals surface area contributed by atoms with Crippen LogP contribution in [0, 0.1) is 5.92 Å². The Hall–Kier alpha value is -0.260. The van der Waals surface area contributed by atoms with Gasteiger partial charge < -0.3 is 0 Å². The number of hydrogen-bond donors (Lipinski definition) is 0. The third-order valence-corrected chi connectivity index (χ3v) is 1.64. The first kappa shape index (κ1) is 5.87. The fraction of sp³-hybridized carbons (Fsp3) is 0.625. The first-order valence-corrected chi connectivity index (χ1v) is 3.26. The summed E-state index contributed by atoms with van der Waals surface area (Å²) in [6.07, 6.45) is 6.18. The van der Waals surface area contributed by atoms with Gasteiger partial charge in [-0.1, -0.05) is 18.6 Å². The minimum Gasteiger partial charge on any atom is -0.0856 e. The quantitative estimate of drug-likeness (QED) is 0.419. The second kappa shape index (κ2) is 2.34. The van der Waals surface area contributed by atoms with E-state index in [1.807, 2.05) is 0 Å². The molecule has 0 atom stereocenters. The predicted molar refractivity (Wildman–Crippen MR) is 36.5 cm³/mol. The smallest absolute Gasteiger partial charge is 0.0229 e. The Kier molecular flexibility index (Phi) is 1.72. The molecular formula is C8H13. The van der Waals surface area contributed by atoms with Crippen molar-refractivity contribution in [2.45, 2.75) is 33.1 Å². The van der Waals surface area contributed by atoms with Crippen molar-refractivity contribution in [1.82, 2.24) is 0 Å². The molecule has 0 nitrogen and oxygen atoms in total. The van der Waals surface area contributed by atoms with Crippen LogP contribution in [0.3, 0.4) is 0 Å². The Labute approximate surface area is 51.6 Å². The first-order chi connectivity index (χ1) is 3.79. The SMILES string of the molecule is C[C]1CCC=C(C)C1. The van der Waals surface area contributed by atoms with Crippen molar-refractivity contribution in [2.75, 3.05) is 0 Å². The maximum atomic E-state index is 2.34. The molecule has 0 amide bonds. The van der Waals surface area contributed by atoms with Crippen LogP contribution in [0.1, 0.15) is 33.1 Å². The second-order valence-electron chi connectivity index (χ2n) is 2.72. The predicted octanol–water partition coefficient (Wildman–Crippen LogP) is 2.71. The largest absolute Gasteiger partial charge is 0.0856 e. The summed E-state index contributed by atoms with van der Waals surface area (Å²) in [5.74, 6) is 1.64. The van der Waals surface area contributed by atoms with Crippen LogP contribution >= 0.6 is 0 Å². The van der Waals surface area contributed by atoms with Gasteiger partial charge in [0.15, 0.2) is 0 Å². The zero-order chi connectivity index (χ0) is 5.98. The van der Waals surface area contributed by atoms with E-state index in [9.17, 15) is 0 Å². The summed E-state index contributed by atoms with van der Waals surface area (Å²) in [7, 11) is 0. The molecule has 0 aromatic heterocycles. The maximum absolute atomic E-state index is 2.34. The van der Waals surface area contributed by atoms with Gasteiger partial charge in [0.25, 0.3) is 0 Å². The van der Waals surface area contributed by atoms with Gasteiger partial charge in [0, 0.05) is 0 Å². The molecule has 0 spiro atoms. The second-order valence-corrected chi connectivity index (χ2v) is 2.72. The first-order valence-electron chi connectivity index (χ1n) is 3.26. The van der Waals surface area contributed by atoms with E-state index >= 15 is 0 Å². The minimum atomic E-state index is 1.25. The van der Waals surface area contributed by atoms with Crippen LogP contribution in [0.25, 0.3) is 0 Å². The highest BCUT2D eigenvalue weighted by Gasteiger charge is 2.06. The van der Waals surface area contributed by atoms with Crippen molar-refractivity contribution in [3.8, 4) is 0 Å². The third kappa shape index (κ3) is 1.36. The highest BCUT2D eigenvalue weighted by Crippen LogP contribution is 2.23. The van der Waals surface area contributed by atoms with Gasteiger partial charge in [-0.2, -0.15) is 0 Å². The molecule has 8 heavy (non-hydrogen) atoms. The Morgan fingerprint density at radius 3 is 2.50 bits per heavy atom. The molecule has 1 aliphatic rings. The Morgan fingerprint density at radius 1 is 1.38 bits per heavy atom. The summed E-state index contributed by atoms with van der Waals surface area (Å²) < 4.78 is 0. The third-order valence-electron chi connectivity index (χ3n) is 1.64. The maximum Gasteiger partial charge on any atom is -0.0229 e. The average Bonchev–Trinajstić information content (AvgIpc) is 1.64. The van der Waals surface area contributed by atoms with Gasteiger partial charge in [-0.15, -0.1) is 0 Å². The van der Waals surface area contributed by atoms with Crippen molar-refractivity contribution >= 4 is 0 Å². The molecule has 0 aromatic carbocycles. The Bertz CT molecular complexity index is 101. The zero-order valence-corrected chi connectivity index (χ0v) is 5.70. The lowest BCUT2D eigenvalue weighted by atomic mass is 9.91. The van der Waals surface area contributed by atoms with E-state index in [1.54, 1.807) is 11.5 Å². The lowest BCUT2D eigenvalue weighted by molar-refractivity contribution is 0.745. The molecule has 0 aromatic rings. The van der Waals surface area contributed by atoms with Crippen LogP contribution in [0.4, 0.5) is 0 Å². The zero-order valence-electron chi connectivity index (χ0n) is 5.70. The highest BCUT2D eigenvalue weighted by molar-refractivity contribution is 5.11. The summed E-state index contributed by atoms with van der Waals surface area (Å²) in [4.78, 5) is 0. The molecule has 0 heterocycles. The molecule has 45 valence electrons.